The molecule has 2 rings (SSSR count). The Morgan fingerprint density at radius 3 is 2.39 bits per heavy atom. The number of nitrogens with zero attached hydrogens (tertiary/aromatic N) is 3. The summed E-state index contributed by atoms with van der Waals surface area (Å²) in [6.07, 6.45) is 4.43. The summed E-state index contributed by atoms with van der Waals surface area (Å²) in [7, 11) is 1.87. The second-order valence-electron chi connectivity index (χ2n) is 5.71. The molecule has 0 atom stereocenters. The number of rotatable bonds is 8. The summed E-state index contributed by atoms with van der Waals surface area (Å²) in [5, 5.41) is 0. The van der Waals surface area contributed by atoms with Crippen LogP contribution >= 0.6 is 0 Å². The van der Waals surface area contributed by atoms with E-state index < -0.39 is 0 Å². The van der Waals surface area contributed by atoms with E-state index >= 15 is 0 Å². The molecular weight excluding hydrogens is 286 g/mol. The van der Waals surface area contributed by atoms with E-state index in [1.807, 2.05) is 42.3 Å². The lowest BCUT2D eigenvalue weighted by Crippen LogP contribution is -2.38. The first-order valence-corrected chi connectivity index (χ1v) is 8.08. The molecule has 0 saturated heterocycles. The molecule has 0 fully saturated rings. The lowest BCUT2D eigenvalue weighted by atomic mass is 10.2. The molecule has 1 amide bonds. The first-order valence-electron chi connectivity index (χ1n) is 8.08. The van der Waals surface area contributed by atoms with Crippen molar-refractivity contribution in [2.75, 3.05) is 26.7 Å². The Labute approximate surface area is 138 Å². The maximum absolute atomic E-state index is 12.4. The summed E-state index contributed by atoms with van der Waals surface area (Å²) >= 11 is 0. The molecule has 0 saturated carbocycles. The normalized spacial score (nSPS) is 10.7. The second kappa shape index (κ2) is 9.06. The van der Waals surface area contributed by atoms with Crippen LogP contribution in [-0.4, -0.2) is 47.4 Å². The Hall–Kier alpha value is -2.20. The summed E-state index contributed by atoms with van der Waals surface area (Å²) in [5.74, 6) is 0.164. The first kappa shape index (κ1) is 17.2. The van der Waals surface area contributed by atoms with E-state index in [2.05, 4.69) is 28.9 Å². The van der Waals surface area contributed by atoms with Gasteiger partial charge in [0, 0.05) is 32.5 Å². The van der Waals surface area contributed by atoms with Crippen molar-refractivity contribution in [3.63, 3.8) is 0 Å². The van der Waals surface area contributed by atoms with Gasteiger partial charge >= 0.3 is 0 Å². The van der Waals surface area contributed by atoms with Gasteiger partial charge in [-0.25, -0.2) is 0 Å². The summed E-state index contributed by atoms with van der Waals surface area (Å²) < 4.78 is 0. The minimum absolute atomic E-state index is 0.164. The summed E-state index contributed by atoms with van der Waals surface area (Å²) in [6, 6.07) is 14.3. The number of amides is 1. The Morgan fingerprint density at radius 1 is 1.04 bits per heavy atom. The Kier molecular flexibility index (Phi) is 6.76. The van der Waals surface area contributed by atoms with Crippen LogP contribution in [0.3, 0.4) is 0 Å². The third-order valence-corrected chi connectivity index (χ3v) is 3.97. The van der Waals surface area contributed by atoms with Crippen LogP contribution in [0.4, 0.5) is 0 Å². The molecule has 1 heterocycles. The highest BCUT2D eigenvalue weighted by atomic mass is 16.2. The number of hydrogen-bond acceptors (Lipinski definition) is 3. The smallest absolute Gasteiger partial charge is 0.236 e. The van der Waals surface area contributed by atoms with Crippen LogP contribution < -0.4 is 0 Å². The van der Waals surface area contributed by atoms with E-state index in [1.54, 1.807) is 12.4 Å². The van der Waals surface area contributed by atoms with Crippen molar-refractivity contribution in [3.8, 4) is 0 Å². The fraction of sp³-hybridized carbons (Fsp3) is 0.368. The third-order valence-electron chi connectivity index (χ3n) is 3.97. The maximum atomic E-state index is 12.4. The molecule has 1 aromatic carbocycles. The van der Waals surface area contributed by atoms with E-state index in [-0.39, 0.29) is 5.91 Å². The van der Waals surface area contributed by atoms with E-state index in [0.717, 1.165) is 26.1 Å². The molecule has 4 heteroatoms. The van der Waals surface area contributed by atoms with Crippen molar-refractivity contribution in [2.24, 2.45) is 0 Å². The fourth-order valence-corrected chi connectivity index (χ4v) is 2.40. The molecule has 2 aromatic rings. The standard InChI is InChI=1S/C19H25N3O/c1-3-22(15-18-7-5-4-6-8-18)16-19(23)21(2)14-11-17-9-12-20-13-10-17/h4-10,12-13H,3,11,14-16H2,1-2H3. The van der Waals surface area contributed by atoms with Crippen LogP contribution in [0.1, 0.15) is 18.1 Å². The highest BCUT2D eigenvalue weighted by molar-refractivity contribution is 5.78. The topological polar surface area (TPSA) is 36.4 Å². The predicted octanol–water partition coefficient (Wildman–Crippen LogP) is 2.60. The lowest BCUT2D eigenvalue weighted by Gasteiger charge is -2.24. The van der Waals surface area contributed by atoms with Gasteiger partial charge in [-0.05, 0) is 36.2 Å². The van der Waals surface area contributed by atoms with Crippen molar-refractivity contribution in [1.82, 2.24) is 14.8 Å². The molecule has 122 valence electrons. The number of hydrogen-bond donors (Lipinski definition) is 0. The Balaban J connectivity index is 1.81. The molecule has 1 aromatic heterocycles. The quantitative estimate of drug-likeness (QED) is 0.752. The van der Waals surface area contributed by atoms with Crippen LogP contribution in [-0.2, 0) is 17.8 Å². The molecule has 23 heavy (non-hydrogen) atoms. The van der Waals surface area contributed by atoms with Crippen molar-refractivity contribution in [2.45, 2.75) is 19.9 Å². The first-order chi connectivity index (χ1) is 11.2. The average molecular weight is 311 g/mol. The molecule has 0 spiro atoms. The fourth-order valence-electron chi connectivity index (χ4n) is 2.40. The van der Waals surface area contributed by atoms with Gasteiger partial charge in [0.2, 0.25) is 5.91 Å². The van der Waals surface area contributed by atoms with Crippen molar-refractivity contribution >= 4 is 5.91 Å². The van der Waals surface area contributed by atoms with Crippen molar-refractivity contribution < 1.29 is 4.79 Å². The molecule has 0 N–H and O–H groups in total. The number of carbonyl (C=O) groups excluding carboxylic acids is 1. The highest BCUT2D eigenvalue weighted by Gasteiger charge is 2.13. The number of pyridine rings is 1. The highest BCUT2D eigenvalue weighted by Crippen LogP contribution is 2.05. The van der Waals surface area contributed by atoms with Crippen LogP contribution in [0.5, 0.6) is 0 Å². The number of benzene rings is 1. The molecule has 0 aliphatic heterocycles. The zero-order chi connectivity index (χ0) is 16.5. The number of carbonyl (C=O) groups is 1. The zero-order valence-corrected chi connectivity index (χ0v) is 14.0. The molecule has 0 aliphatic carbocycles. The molecule has 0 bridgehead atoms. The molecule has 0 radical (unpaired) electrons. The molecule has 0 aliphatic rings. The lowest BCUT2D eigenvalue weighted by molar-refractivity contribution is -0.131. The van der Waals surface area contributed by atoms with Crippen molar-refractivity contribution in [3.05, 3.63) is 66.0 Å². The van der Waals surface area contributed by atoms with Gasteiger partial charge in [-0.2, -0.15) is 0 Å². The molecular formula is C19H25N3O. The summed E-state index contributed by atoms with van der Waals surface area (Å²) in [6.45, 7) is 4.94. The molecule has 4 nitrogen and oxygen atoms in total. The van der Waals surface area contributed by atoms with Gasteiger partial charge < -0.3 is 4.90 Å². The zero-order valence-electron chi connectivity index (χ0n) is 14.0. The Morgan fingerprint density at radius 2 is 1.74 bits per heavy atom. The summed E-state index contributed by atoms with van der Waals surface area (Å²) in [5.41, 5.74) is 2.44. The van der Waals surface area contributed by atoms with Gasteiger partial charge in [0.1, 0.15) is 0 Å². The minimum atomic E-state index is 0.164. The van der Waals surface area contributed by atoms with Gasteiger partial charge in [-0.3, -0.25) is 14.7 Å². The number of likely N-dealkylation sites (N-methyl/N-ethyl adjacent to an activating group) is 2. The molecule has 0 unspecified atom stereocenters. The summed E-state index contributed by atoms with van der Waals surface area (Å²) in [4.78, 5) is 20.4. The van der Waals surface area contributed by atoms with E-state index in [4.69, 9.17) is 0 Å². The number of aromatic nitrogens is 1. The maximum Gasteiger partial charge on any atom is 0.236 e. The van der Waals surface area contributed by atoms with Crippen LogP contribution in [0, 0.1) is 0 Å². The largest absolute Gasteiger partial charge is 0.344 e. The van der Waals surface area contributed by atoms with Gasteiger partial charge in [0.25, 0.3) is 0 Å². The second-order valence-corrected chi connectivity index (χ2v) is 5.71. The van der Waals surface area contributed by atoms with Crippen LogP contribution in [0.2, 0.25) is 0 Å². The Bertz CT molecular complexity index is 586. The van der Waals surface area contributed by atoms with E-state index in [9.17, 15) is 4.79 Å². The van der Waals surface area contributed by atoms with Crippen LogP contribution in [0.25, 0.3) is 0 Å². The average Bonchev–Trinajstić information content (AvgIpc) is 2.60. The third kappa shape index (κ3) is 5.83. The minimum Gasteiger partial charge on any atom is -0.344 e. The SMILES string of the molecule is CCN(CC(=O)N(C)CCc1ccncc1)Cc1ccccc1. The van der Waals surface area contributed by atoms with E-state index in [1.165, 1.54) is 11.1 Å². The predicted molar refractivity (Wildman–Crippen MR) is 93.0 cm³/mol. The van der Waals surface area contributed by atoms with Gasteiger partial charge in [-0.15, -0.1) is 0 Å². The monoisotopic (exact) mass is 311 g/mol. The van der Waals surface area contributed by atoms with Gasteiger partial charge in [-0.1, -0.05) is 37.3 Å². The van der Waals surface area contributed by atoms with Gasteiger partial charge in [0.05, 0.1) is 6.54 Å². The van der Waals surface area contributed by atoms with Crippen molar-refractivity contribution in [1.29, 1.82) is 0 Å². The van der Waals surface area contributed by atoms with Crippen LogP contribution in [0.15, 0.2) is 54.9 Å². The van der Waals surface area contributed by atoms with Gasteiger partial charge in [0.15, 0.2) is 0 Å². The van der Waals surface area contributed by atoms with E-state index in [0.29, 0.717) is 6.54 Å².